The SMILES string of the molecule is CCCC(C(N)=S)N1CCN(C(=O)C2CCCC2C)CC1. The summed E-state index contributed by atoms with van der Waals surface area (Å²) in [5.41, 5.74) is 5.88. The second-order valence-electron chi connectivity index (χ2n) is 6.58. The molecule has 0 aromatic rings. The van der Waals surface area contributed by atoms with Crippen molar-refractivity contribution >= 4 is 23.1 Å². The summed E-state index contributed by atoms with van der Waals surface area (Å²) in [6.45, 7) is 7.82. The van der Waals surface area contributed by atoms with E-state index in [1.165, 1.54) is 12.8 Å². The highest BCUT2D eigenvalue weighted by atomic mass is 32.1. The zero-order valence-electron chi connectivity index (χ0n) is 13.4. The van der Waals surface area contributed by atoms with Gasteiger partial charge in [0.05, 0.1) is 11.0 Å². The average molecular weight is 311 g/mol. The second-order valence-corrected chi connectivity index (χ2v) is 7.05. The van der Waals surface area contributed by atoms with E-state index in [1.807, 2.05) is 0 Å². The third-order valence-corrected chi connectivity index (χ3v) is 5.41. The first-order chi connectivity index (χ1) is 10.0. The van der Waals surface area contributed by atoms with Gasteiger partial charge in [0, 0.05) is 32.1 Å². The van der Waals surface area contributed by atoms with Gasteiger partial charge >= 0.3 is 0 Å². The molecule has 0 aromatic carbocycles. The second kappa shape index (κ2) is 7.54. The van der Waals surface area contributed by atoms with E-state index in [9.17, 15) is 4.79 Å². The molecule has 1 saturated heterocycles. The van der Waals surface area contributed by atoms with Crippen molar-refractivity contribution in [3.63, 3.8) is 0 Å². The molecule has 2 rings (SSSR count). The van der Waals surface area contributed by atoms with Gasteiger partial charge in [-0.1, -0.05) is 38.9 Å². The van der Waals surface area contributed by atoms with Crippen molar-refractivity contribution in [3.8, 4) is 0 Å². The zero-order valence-corrected chi connectivity index (χ0v) is 14.2. The monoisotopic (exact) mass is 311 g/mol. The summed E-state index contributed by atoms with van der Waals surface area (Å²) in [7, 11) is 0. The Morgan fingerprint density at radius 1 is 1.29 bits per heavy atom. The number of carbonyl (C=O) groups excluding carboxylic acids is 1. The van der Waals surface area contributed by atoms with Gasteiger partial charge in [0.25, 0.3) is 0 Å². The lowest BCUT2D eigenvalue weighted by Crippen LogP contribution is -2.55. The van der Waals surface area contributed by atoms with Crippen LogP contribution in [0.15, 0.2) is 0 Å². The Hall–Kier alpha value is -0.680. The van der Waals surface area contributed by atoms with Gasteiger partial charge in [-0.2, -0.15) is 0 Å². The first-order valence-corrected chi connectivity index (χ1v) is 8.77. The number of nitrogens with zero attached hydrogens (tertiary/aromatic N) is 2. The molecule has 2 aliphatic rings. The van der Waals surface area contributed by atoms with Crippen LogP contribution < -0.4 is 5.73 Å². The molecule has 3 unspecified atom stereocenters. The van der Waals surface area contributed by atoms with E-state index >= 15 is 0 Å². The van der Waals surface area contributed by atoms with Crippen molar-refractivity contribution in [2.24, 2.45) is 17.6 Å². The standard InChI is InChI=1S/C16H29N3OS/c1-3-5-14(15(17)21)18-8-10-19(11-9-18)16(20)13-7-4-6-12(13)2/h12-14H,3-11H2,1-2H3,(H2,17,21). The zero-order chi connectivity index (χ0) is 15.4. The summed E-state index contributed by atoms with van der Waals surface area (Å²) < 4.78 is 0. The predicted molar refractivity (Wildman–Crippen MR) is 90.1 cm³/mol. The third-order valence-electron chi connectivity index (χ3n) is 5.14. The molecule has 4 nitrogen and oxygen atoms in total. The summed E-state index contributed by atoms with van der Waals surface area (Å²) in [4.78, 5) is 17.6. The Morgan fingerprint density at radius 2 is 1.95 bits per heavy atom. The Morgan fingerprint density at radius 3 is 2.43 bits per heavy atom. The molecule has 0 aromatic heterocycles. The van der Waals surface area contributed by atoms with Crippen LogP contribution in [-0.2, 0) is 4.79 Å². The van der Waals surface area contributed by atoms with E-state index < -0.39 is 0 Å². The molecular weight excluding hydrogens is 282 g/mol. The molecule has 1 amide bonds. The first-order valence-electron chi connectivity index (χ1n) is 8.36. The highest BCUT2D eigenvalue weighted by Crippen LogP contribution is 2.32. The molecule has 5 heteroatoms. The number of hydrogen-bond donors (Lipinski definition) is 1. The van der Waals surface area contributed by atoms with Crippen LogP contribution in [0.5, 0.6) is 0 Å². The van der Waals surface area contributed by atoms with E-state index in [0.717, 1.165) is 45.4 Å². The summed E-state index contributed by atoms with van der Waals surface area (Å²) in [5, 5.41) is 0. The molecule has 3 atom stereocenters. The van der Waals surface area contributed by atoms with Crippen molar-refractivity contribution in [2.75, 3.05) is 26.2 Å². The fraction of sp³-hybridized carbons (Fsp3) is 0.875. The maximum absolute atomic E-state index is 12.6. The Bertz CT molecular complexity index is 380. The molecule has 0 bridgehead atoms. The van der Waals surface area contributed by atoms with Gasteiger partial charge in [-0.05, 0) is 25.2 Å². The molecule has 1 heterocycles. The predicted octanol–water partition coefficient (Wildman–Crippen LogP) is 2.02. The molecular formula is C16H29N3OS. The van der Waals surface area contributed by atoms with Crippen LogP contribution in [0.1, 0.15) is 46.0 Å². The highest BCUT2D eigenvalue weighted by Gasteiger charge is 2.35. The molecule has 1 aliphatic heterocycles. The molecule has 1 saturated carbocycles. The topological polar surface area (TPSA) is 49.6 Å². The van der Waals surface area contributed by atoms with Crippen LogP contribution in [0.25, 0.3) is 0 Å². The Kier molecular flexibility index (Phi) is 5.99. The minimum absolute atomic E-state index is 0.202. The minimum atomic E-state index is 0.202. The lowest BCUT2D eigenvalue weighted by molar-refractivity contribution is -0.138. The molecule has 1 aliphatic carbocycles. The van der Waals surface area contributed by atoms with Gasteiger partial charge in [-0.15, -0.1) is 0 Å². The maximum atomic E-state index is 12.6. The minimum Gasteiger partial charge on any atom is -0.392 e. The van der Waals surface area contributed by atoms with E-state index in [4.69, 9.17) is 18.0 Å². The number of carbonyl (C=O) groups is 1. The summed E-state index contributed by atoms with van der Waals surface area (Å²) in [6, 6.07) is 0.202. The summed E-state index contributed by atoms with van der Waals surface area (Å²) >= 11 is 5.20. The average Bonchev–Trinajstić information content (AvgIpc) is 2.90. The van der Waals surface area contributed by atoms with Gasteiger partial charge in [0.15, 0.2) is 0 Å². The van der Waals surface area contributed by atoms with Crippen molar-refractivity contribution in [1.82, 2.24) is 9.80 Å². The van der Waals surface area contributed by atoms with Crippen molar-refractivity contribution < 1.29 is 4.79 Å². The lowest BCUT2D eigenvalue weighted by atomic mass is 9.96. The van der Waals surface area contributed by atoms with Crippen molar-refractivity contribution in [1.29, 1.82) is 0 Å². The third kappa shape index (κ3) is 3.95. The van der Waals surface area contributed by atoms with Crippen LogP contribution in [0, 0.1) is 11.8 Å². The fourth-order valence-corrected chi connectivity index (χ4v) is 4.05. The number of amides is 1. The van der Waals surface area contributed by atoms with Gasteiger partial charge in [0.2, 0.25) is 5.91 Å². The highest BCUT2D eigenvalue weighted by molar-refractivity contribution is 7.80. The fourth-order valence-electron chi connectivity index (χ4n) is 3.78. The maximum Gasteiger partial charge on any atom is 0.226 e. The van der Waals surface area contributed by atoms with Gasteiger partial charge in [0.1, 0.15) is 0 Å². The van der Waals surface area contributed by atoms with Crippen LogP contribution >= 0.6 is 12.2 Å². The van der Waals surface area contributed by atoms with E-state index in [2.05, 4.69) is 23.6 Å². The Labute approximate surface area is 134 Å². The Balaban J connectivity index is 1.87. The molecule has 0 radical (unpaired) electrons. The van der Waals surface area contributed by atoms with Gasteiger partial charge in [-0.25, -0.2) is 0 Å². The number of nitrogens with two attached hydrogens (primary N) is 1. The number of rotatable bonds is 5. The molecule has 2 fully saturated rings. The summed E-state index contributed by atoms with van der Waals surface area (Å²) in [5.74, 6) is 1.19. The molecule has 0 spiro atoms. The summed E-state index contributed by atoms with van der Waals surface area (Å²) in [6.07, 6.45) is 5.59. The lowest BCUT2D eigenvalue weighted by Gasteiger charge is -2.40. The molecule has 21 heavy (non-hydrogen) atoms. The number of thiocarbonyl (C=S) groups is 1. The number of hydrogen-bond acceptors (Lipinski definition) is 3. The van der Waals surface area contributed by atoms with Crippen LogP contribution in [0.2, 0.25) is 0 Å². The van der Waals surface area contributed by atoms with Gasteiger partial charge < -0.3 is 10.6 Å². The smallest absolute Gasteiger partial charge is 0.226 e. The quantitative estimate of drug-likeness (QED) is 0.789. The molecule has 120 valence electrons. The van der Waals surface area contributed by atoms with E-state index in [1.54, 1.807) is 0 Å². The van der Waals surface area contributed by atoms with Crippen molar-refractivity contribution in [3.05, 3.63) is 0 Å². The number of piperazine rings is 1. The van der Waals surface area contributed by atoms with Crippen LogP contribution in [0.4, 0.5) is 0 Å². The van der Waals surface area contributed by atoms with E-state index in [-0.39, 0.29) is 12.0 Å². The molecule has 2 N–H and O–H groups in total. The largest absolute Gasteiger partial charge is 0.392 e. The van der Waals surface area contributed by atoms with Crippen molar-refractivity contribution in [2.45, 2.75) is 52.0 Å². The first kappa shape index (κ1) is 16.7. The van der Waals surface area contributed by atoms with E-state index in [0.29, 0.717) is 16.8 Å². The van der Waals surface area contributed by atoms with Gasteiger partial charge in [-0.3, -0.25) is 9.69 Å². The van der Waals surface area contributed by atoms with Crippen LogP contribution in [-0.4, -0.2) is 52.9 Å². The van der Waals surface area contributed by atoms with Crippen LogP contribution in [0.3, 0.4) is 0 Å². The normalized spacial score (nSPS) is 28.6.